The minimum Gasteiger partial charge on any atom is -0.350 e. The summed E-state index contributed by atoms with van der Waals surface area (Å²) in [7, 11) is 0. The van der Waals surface area contributed by atoms with Gasteiger partial charge in [-0.05, 0) is 45.0 Å². The van der Waals surface area contributed by atoms with Gasteiger partial charge in [0.1, 0.15) is 0 Å². The number of benzene rings is 1. The molecule has 0 aliphatic rings. The highest BCUT2D eigenvalue weighted by Gasteiger charge is 2.13. The molecule has 0 heterocycles. The van der Waals surface area contributed by atoms with E-state index in [0.29, 0.717) is 24.2 Å². The predicted octanol–water partition coefficient (Wildman–Crippen LogP) is 1.75. The van der Waals surface area contributed by atoms with Crippen LogP contribution < -0.4 is 16.4 Å². The molecule has 0 fully saturated rings. The van der Waals surface area contributed by atoms with E-state index in [2.05, 4.69) is 10.6 Å². The van der Waals surface area contributed by atoms with Crippen molar-refractivity contribution in [3.05, 3.63) is 29.8 Å². The summed E-state index contributed by atoms with van der Waals surface area (Å²) in [5.41, 5.74) is 6.59. The Hall–Kier alpha value is -1.88. The van der Waals surface area contributed by atoms with Crippen molar-refractivity contribution in [3.63, 3.8) is 0 Å². The Bertz CT molecular complexity index is 472. The molecular weight excluding hydrogens is 254 g/mol. The van der Waals surface area contributed by atoms with Crippen molar-refractivity contribution in [3.8, 4) is 0 Å². The second kappa shape index (κ2) is 7.65. The summed E-state index contributed by atoms with van der Waals surface area (Å²) >= 11 is 0. The first-order valence-corrected chi connectivity index (χ1v) is 6.86. The van der Waals surface area contributed by atoms with E-state index >= 15 is 0 Å². The van der Waals surface area contributed by atoms with Gasteiger partial charge < -0.3 is 16.4 Å². The molecule has 0 aliphatic heterocycles. The molecular formula is C15H23N3O2. The van der Waals surface area contributed by atoms with Crippen LogP contribution in [0, 0.1) is 5.92 Å². The van der Waals surface area contributed by atoms with E-state index < -0.39 is 0 Å². The fourth-order valence-electron chi connectivity index (χ4n) is 1.73. The molecule has 1 atom stereocenters. The molecule has 4 N–H and O–H groups in total. The Labute approximate surface area is 119 Å². The Kier molecular flexibility index (Phi) is 6.18. The lowest BCUT2D eigenvalue weighted by Crippen LogP contribution is -2.30. The quantitative estimate of drug-likeness (QED) is 0.740. The van der Waals surface area contributed by atoms with Crippen LogP contribution in [0.25, 0.3) is 0 Å². The van der Waals surface area contributed by atoms with Gasteiger partial charge in [0.25, 0.3) is 5.91 Å². The summed E-state index contributed by atoms with van der Waals surface area (Å²) in [5.74, 6) is -0.379. The largest absolute Gasteiger partial charge is 0.350 e. The van der Waals surface area contributed by atoms with E-state index in [0.717, 1.165) is 0 Å². The molecule has 0 saturated carbocycles. The molecule has 0 aromatic heterocycles. The zero-order valence-electron chi connectivity index (χ0n) is 12.3. The Morgan fingerprint density at radius 2 is 1.95 bits per heavy atom. The topological polar surface area (TPSA) is 84.2 Å². The van der Waals surface area contributed by atoms with Gasteiger partial charge in [-0.15, -0.1) is 0 Å². The summed E-state index contributed by atoms with van der Waals surface area (Å²) in [6.07, 6.45) is 0.638. The zero-order chi connectivity index (χ0) is 15.1. The standard InChI is InChI=1S/C15H23N3O2/c1-10(2)17-15(20)12-5-4-6-13(9-12)18-14(19)11(3)7-8-16/h4-6,9-11H,7-8,16H2,1-3H3,(H,17,20)(H,18,19). The van der Waals surface area contributed by atoms with Crippen LogP contribution in [0.15, 0.2) is 24.3 Å². The average molecular weight is 277 g/mol. The molecule has 1 unspecified atom stereocenters. The number of amides is 2. The number of nitrogens with one attached hydrogen (secondary N) is 2. The number of hydrogen-bond donors (Lipinski definition) is 3. The Balaban J connectivity index is 2.73. The van der Waals surface area contributed by atoms with Crippen molar-refractivity contribution in [2.24, 2.45) is 11.7 Å². The van der Waals surface area contributed by atoms with Gasteiger partial charge in [-0.1, -0.05) is 13.0 Å². The maximum absolute atomic E-state index is 11.9. The SMILES string of the molecule is CC(C)NC(=O)c1cccc(NC(=O)C(C)CCN)c1. The Morgan fingerprint density at radius 3 is 2.55 bits per heavy atom. The highest BCUT2D eigenvalue weighted by Crippen LogP contribution is 2.13. The summed E-state index contributed by atoms with van der Waals surface area (Å²) < 4.78 is 0. The molecule has 0 spiro atoms. The lowest BCUT2D eigenvalue weighted by Gasteiger charge is -2.12. The van der Waals surface area contributed by atoms with Crippen LogP contribution in [0.2, 0.25) is 0 Å². The van der Waals surface area contributed by atoms with Gasteiger partial charge in [-0.3, -0.25) is 9.59 Å². The first-order chi connectivity index (χ1) is 9.43. The van der Waals surface area contributed by atoms with Crippen LogP contribution in [0.3, 0.4) is 0 Å². The third-order valence-electron chi connectivity index (χ3n) is 2.86. The van der Waals surface area contributed by atoms with Crippen LogP contribution >= 0.6 is 0 Å². The predicted molar refractivity (Wildman–Crippen MR) is 80.5 cm³/mol. The van der Waals surface area contributed by atoms with Gasteiger partial charge in [0.2, 0.25) is 5.91 Å². The monoisotopic (exact) mass is 277 g/mol. The van der Waals surface area contributed by atoms with Crippen molar-refractivity contribution in [2.75, 3.05) is 11.9 Å². The molecule has 0 aliphatic carbocycles. The third kappa shape index (κ3) is 5.01. The molecule has 0 saturated heterocycles. The minimum absolute atomic E-state index is 0.0744. The zero-order valence-corrected chi connectivity index (χ0v) is 12.3. The maximum Gasteiger partial charge on any atom is 0.251 e. The van der Waals surface area contributed by atoms with Gasteiger partial charge in [-0.25, -0.2) is 0 Å². The van der Waals surface area contributed by atoms with Crippen LogP contribution in [0.1, 0.15) is 37.6 Å². The molecule has 2 amide bonds. The lowest BCUT2D eigenvalue weighted by molar-refractivity contribution is -0.119. The average Bonchev–Trinajstić information content (AvgIpc) is 2.38. The van der Waals surface area contributed by atoms with Gasteiger partial charge >= 0.3 is 0 Å². The first-order valence-electron chi connectivity index (χ1n) is 6.86. The van der Waals surface area contributed by atoms with Crippen LogP contribution in [-0.4, -0.2) is 24.4 Å². The molecule has 0 radical (unpaired) electrons. The van der Waals surface area contributed by atoms with Crippen LogP contribution in [-0.2, 0) is 4.79 Å². The molecule has 1 aromatic rings. The Morgan fingerprint density at radius 1 is 1.25 bits per heavy atom. The van der Waals surface area contributed by atoms with Crippen molar-refractivity contribution in [1.82, 2.24) is 5.32 Å². The van der Waals surface area contributed by atoms with Crippen LogP contribution in [0.4, 0.5) is 5.69 Å². The van der Waals surface area contributed by atoms with Crippen molar-refractivity contribution in [2.45, 2.75) is 33.2 Å². The van der Waals surface area contributed by atoms with E-state index in [1.165, 1.54) is 0 Å². The first kappa shape index (κ1) is 16.2. The summed E-state index contributed by atoms with van der Waals surface area (Å²) in [6.45, 7) is 6.11. The van der Waals surface area contributed by atoms with Gasteiger partial charge in [-0.2, -0.15) is 0 Å². The fourth-order valence-corrected chi connectivity index (χ4v) is 1.73. The molecule has 1 rings (SSSR count). The number of nitrogens with two attached hydrogens (primary N) is 1. The lowest BCUT2D eigenvalue weighted by atomic mass is 10.1. The maximum atomic E-state index is 11.9. The molecule has 0 bridgehead atoms. The molecule has 110 valence electrons. The number of anilines is 1. The summed E-state index contributed by atoms with van der Waals surface area (Å²) in [5, 5.41) is 5.62. The number of carbonyl (C=O) groups is 2. The third-order valence-corrected chi connectivity index (χ3v) is 2.86. The molecule has 5 nitrogen and oxygen atoms in total. The summed E-state index contributed by atoms with van der Waals surface area (Å²) in [6, 6.07) is 6.98. The minimum atomic E-state index is -0.147. The summed E-state index contributed by atoms with van der Waals surface area (Å²) in [4.78, 5) is 23.8. The van der Waals surface area contributed by atoms with E-state index in [4.69, 9.17) is 5.73 Å². The number of hydrogen-bond acceptors (Lipinski definition) is 3. The second-order valence-corrected chi connectivity index (χ2v) is 5.18. The van der Waals surface area contributed by atoms with Crippen molar-refractivity contribution in [1.29, 1.82) is 0 Å². The van der Waals surface area contributed by atoms with Crippen LogP contribution in [0.5, 0.6) is 0 Å². The highest BCUT2D eigenvalue weighted by atomic mass is 16.2. The van der Waals surface area contributed by atoms with Crippen molar-refractivity contribution < 1.29 is 9.59 Å². The van der Waals surface area contributed by atoms with E-state index in [9.17, 15) is 9.59 Å². The highest BCUT2D eigenvalue weighted by molar-refractivity contribution is 5.97. The normalized spacial score (nSPS) is 12.1. The van der Waals surface area contributed by atoms with E-state index in [-0.39, 0.29) is 23.8 Å². The van der Waals surface area contributed by atoms with Gasteiger partial charge in [0.15, 0.2) is 0 Å². The second-order valence-electron chi connectivity index (χ2n) is 5.18. The van der Waals surface area contributed by atoms with E-state index in [1.54, 1.807) is 24.3 Å². The number of carbonyl (C=O) groups excluding carboxylic acids is 2. The molecule has 20 heavy (non-hydrogen) atoms. The number of rotatable bonds is 6. The van der Waals surface area contributed by atoms with E-state index in [1.807, 2.05) is 20.8 Å². The molecule has 5 heteroatoms. The molecule has 1 aromatic carbocycles. The smallest absolute Gasteiger partial charge is 0.251 e. The van der Waals surface area contributed by atoms with Gasteiger partial charge in [0, 0.05) is 23.2 Å². The van der Waals surface area contributed by atoms with Crippen molar-refractivity contribution >= 4 is 17.5 Å². The van der Waals surface area contributed by atoms with Gasteiger partial charge in [0.05, 0.1) is 0 Å². The fraction of sp³-hybridized carbons (Fsp3) is 0.467.